The minimum Gasteiger partial charge on any atom is -0.352 e. The van der Waals surface area contributed by atoms with Gasteiger partial charge in [0.25, 0.3) is 0 Å². The lowest BCUT2D eigenvalue weighted by atomic mass is 9.81. The van der Waals surface area contributed by atoms with Gasteiger partial charge < -0.3 is 10.1 Å². The third-order valence-corrected chi connectivity index (χ3v) is 2.81. The van der Waals surface area contributed by atoms with Gasteiger partial charge in [0, 0.05) is 19.5 Å². The fraction of sp³-hybridized carbons (Fsp3) is 0.909. The van der Waals surface area contributed by atoms with Gasteiger partial charge in [-0.25, -0.2) is 0 Å². The van der Waals surface area contributed by atoms with Crippen LogP contribution in [-0.4, -0.2) is 37.3 Å². The van der Waals surface area contributed by atoms with Crippen molar-refractivity contribution in [3.8, 4) is 0 Å². The number of hydrogen-bond donors (Lipinski definition) is 1. The lowest BCUT2D eigenvalue weighted by Gasteiger charge is -2.32. The molecule has 1 heterocycles. The molecule has 0 aromatic carbocycles. The smallest absolute Gasteiger partial charge is 0.217 e. The van der Waals surface area contributed by atoms with Gasteiger partial charge in [-0.05, 0) is 19.4 Å². The zero-order valence-electron chi connectivity index (χ0n) is 9.96. The number of nitrogens with one attached hydrogen (secondary N) is 1. The topological polar surface area (TPSA) is 32.3 Å². The molecule has 15 heavy (non-hydrogen) atoms. The van der Waals surface area contributed by atoms with Crippen molar-refractivity contribution in [2.75, 3.05) is 13.1 Å². The molecule has 1 aliphatic rings. The van der Waals surface area contributed by atoms with Crippen LogP contribution in [0.15, 0.2) is 0 Å². The molecule has 1 radical (unpaired) electrons. The first-order chi connectivity index (χ1) is 7.22. The van der Waals surface area contributed by atoms with Crippen molar-refractivity contribution >= 4 is 13.3 Å². The maximum absolute atomic E-state index is 10.9. The van der Waals surface area contributed by atoms with Crippen LogP contribution in [0.5, 0.6) is 0 Å². The predicted octanol–water partition coefficient (Wildman–Crippen LogP) is 1.42. The molecule has 4 heteroatoms. The molecule has 1 fully saturated rings. The molecule has 1 atom stereocenters. The van der Waals surface area contributed by atoms with Crippen molar-refractivity contribution in [1.29, 1.82) is 0 Å². The fourth-order valence-corrected chi connectivity index (χ4v) is 2.06. The molecule has 3 nitrogen and oxygen atoms in total. The van der Waals surface area contributed by atoms with Crippen LogP contribution >= 0.6 is 0 Å². The van der Waals surface area contributed by atoms with Crippen LogP contribution < -0.4 is 5.32 Å². The summed E-state index contributed by atoms with van der Waals surface area (Å²) in [4.78, 5) is 13.3. The summed E-state index contributed by atoms with van der Waals surface area (Å²) in [5, 5.41) is 3.00. The van der Waals surface area contributed by atoms with E-state index in [9.17, 15) is 4.79 Å². The Labute approximate surface area is 93.9 Å². The molecule has 0 bridgehead atoms. The van der Waals surface area contributed by atoms with E-state index < -0.39 is 0 Å². The van der Waals surface area contributed by atoms with Crippen LogP contribution in [0.1, 0.15) is 39.5 Å². The second kappa shape index (κ2) is 6.88. The maximum Gasteiger partial charge on any atom is 0.217 e. The van der Waals surface area contributed by atoms with E-state index >= 15 is 0 Å². The second-order valence-corrected chi connectivity index (χ2v) is 4.36. The van der Waals surface area contributed by atoms with E-state index in [0.717, 1.165) is 19.5 Å². The third kappa shape index (κ3) is 5.21. The van der Waals surface area contributed by atoms with Crippen LogP contribution in [0.3, 0.4) is 0 Å². The monoisotopic (exact) mass is 209 g/mol. The van der Waals surface area contributed by atoms with E-state index in [-0.39, 0.29) is 5.91 Å². The Bertz CT molecular complexity index is 199. The van der Waals surface area contributed by atoms with E-state index in [1.807, 2.05) is 0 Å². The van der Waals surface area contributed by atoms with Crippen molar-refractivity contribution in [1.82, 2.24) is 10.1 Å². The van der Waals surface area contributed by atoms with E-state index in [4.69, 9.17) is 0 Å². The largest absolute Gasteiger partial charge is 0.352 e. The lowest BCUT2D eigenvalue weighted by Crippen LogP contribution is -2.48. The maximum atomic E-state index is 10.9. The highest BCUT2D eigenvalue weighted by molar-refractivity contribution is 6.31. The molecule has 1 aliphatic heterocycles. The summed E-state index contributed by atoms with van der Waals surface area (Å²) in [6.07, 6.45) is 6.00. The quantitative estimate of drug-likeness (QED) is 0.548. The number of amides is 1. The highest BCUT2D eigenvalue weighted by atomic mass is 16.1. The summed E-state index contributed by atoms with van der Waals surface area (Å²) < 4.78 is 0. The van der Waals surface area contributed by atoms with Gasteiger partial charge in [0.1, 0.15) is 0 Å². The summed E-state index contributed by atoms with van der Waals surface area (Å²) in [7, 11) is 2.30. The average Bonchev–Trinajstić information content (AvgIpc) is 2.18. The normalized spacial score (nSPS) is 22.4. The zero-order valence-corrected chi connectivity index (χ0v) is 9.96. The zero-order chi connectivity index (χ0) is 11.1. The van der Waals surface area contributed by atoms with Crippen LogP contribution in [0, 0.1) is 0 Å². The van der Waals surface area contributed by atoms with Gasteiger partial charge in [0.05, 0.1) is 0 Å². The summed E-state index contributed by atoms with van der Waals surface area (Å²) in [5.41, 5.74) is 0. The average molecular weight is 209 g/mol. The summed E-state index contributed by atoms with van der Waals surface area (Å²) in [6.45, 7) is 5.95. The van der Waals surface area contributed by atoms with Gasteiger partial charge >= 0.3 is 0 Å². The molecule has 0 aromatic heterocycles. The standard InChI is InChI=1S/C11H22BN2O/c1-3-4-7-12-14-8-5-6-11(9-14)13-10(2)15/h11H,3-9H2,1-2H3,(H,13,15). The Morgan fingerprint density at radius 2 is 2.40 bits per heavy atom. The summed E-state index contributed by atoms with van der Waals surface area (Å²) in [6, 6.07) is 0.356. The molecule has 1 unspecified atom stereocenters. The number of piperidine rings is 1. The summed E-state index contributed by atoms with van der Waals surface area (Å²) >= 11 is 0. The minimum absolute atomic E-state index is 0.0930. The Balaban J connectivity index is 2.19. The first kappa shape index (κ1) is 12.6. The van der Waals surface area contributed by atoms with Gasteiger partial charge in [0.15, 0.2) is 0 Å². The summed E-state index contributed by atoms with van der Waals surface area (Å²) in [5.74, 6) is 0.0930. The Morgan fingerprint density at radius 3 is 3.07 bits per heavy atom. The molecule has 1 rings (SSSR count). The third-order valence-electron chi connectivity index (χ3n) is 2.81. The molecule has 0 saturated carbocycles. The molecule has 1 saturated heterocycles. The first-order valence-electron chi connectivity index (χ1n) is 6.07. The lowest BCUT2D eigenvalue weighted by molar-refractivity contribution is -0.119. The molecular weight excluding hydrogens is 187 g/mol. The second-order valence-electron chi connectivity index (χ2n) is 4.36. The number of nitrogens with zero attached hydrogens (tertiary/aromatic N) is 1. The number of hydrogen-bond acceptors (Lipinski definition) is 2. The van der Waals surface area contributed by atoms with Gasteiger partial charge in [-0.15, -0.1) is 0 Å². The Hall–Kier alpha value is -0.505. The molecule has 0 aromatic rings. The predicted molar refractivity (Wildman–Crippen MR) is 63.9 cm³/mol. The molecule has 1 amide bonds. The highest BCUT2D eigenvalue weighted by Gasteiger charge is 2.19. The number of unbranched alkanes of at least 4 members (excludes halogenated alkanes) is 1. The number of carbonyl (C=O) groups excluding carboxylic acids is 1. The number of rotatable bonds is 5. The van der Waals surface area contributed by atoms with Crippen LogP contribution in [-0.2, 0) is 4.79 Å². The molecule has 0 aliphatic carbocycles. The van der Waals surface area contributed by atoms with Crippen LogP contribution in [0.25, 0.3) is 0 Å². The van der Waals surface area contributed by atoms with Crippen LogP contribution in [0.2, 0.25) is 6.32 Å². The van der Waals surface area contributed by atoms with E-state index in [1.54, 1.807) is 6.92 Å². The molecular formula is C11H22BN2O. The van der Waals surface area contributed by atoms with Gasteiger partial charge in [-0.1, -0.05) is 26.1 Å². The van der Waals surface area contributed by atoms with Gasteiger partial charge in [-0.2, -0.15) is 0 Å². The van der Waals surface area contributed by atoms with E-state index in [2.05, 4.69) is 24.5 Å². The number of carbonyl (C=O) groups is 1. The minimum atomic E-state index is 0.0930. The van der Waals surface area contributed by atoms with E-state index in [0.29, 0.717) is 6.04 Å². The van der Waals surface area contributed by atoms with Gasteiger partial charge in [-0.3, -0.25) is 4.79 Å². The van der Waals surface area contributed by atoms with Crippen LogP contribution in [0.4, 0.5) is 0 Å². The fourth-order valence-electron chi connectivity index (χ4n) is 2.06. The highest BCUT2D eigenvalue weighted by Crippen LogP contribution is 2.10. The van der Waals surface area contributed by atoms with Crippen molar-refractivity contribution in [2.24, 2.45) is 0 Å². The molecule has 1 N–H and O–H groups in total. The van der Waals surface area contributed by atoms with Crippen molar-refractivity contribution in [2.45, 2.75) is 51.9 Å². The molecule has 0 spiro atoms. The van der Waals surface area contributed by atoms with Gasteiger partial charge in [0.2, 0.25) is 13.3 Å². The van der Waals surface area contributed by atoms with E-state index in [1.165, 1.54) is 25.6 Å². The van der Waals surface area contributed by atoms with Crippen molar-refractivity contribution < 1.29 is 4.79 Å². The molecule has 85 valence electrons. The first-order valence-corrected chi connectivity index (χ1v) is 6.07. The SMILES string of the molecule is CCCC[B]N1CCCC(NC(C)=O)C1. The van der Waals surface area contributed by atoms with Crippen molar-refractivity contribution in [3.63, 3.8) is 0 Å². The van der Waals surface area contributed by atoms with Crippen molar-refractivity contribution in [3.05, 3.63) is 0 Å². The Morgan fingerprint density at radius 1 is 1.60 bits per heavy atom. The Kier molecular flexibility index (Phi) is 5.77.